The second-order valence-electron chi connectivity index (χ2n) is 5.25. The molecule has 3 heteroatoms. The molecule has 20 heavy (non-hydrogen) atoms. The average Bonchev–Trinajstić information content (AvgIpc) is 2.48. The summed E-state index contributed by atoms with van der Waals surface area (Å²) in [7, 11) is 0. The van der Waals surface area contributed by atoms with Crippen LogP contribution in [0.1, 0.15) is 35.2 Å². The van der Waals surface area contributed by atoms with Crippen LogP contribution in [0.5, 0.6) is 5.75 Å². The van der Waals surface area contributed by atoms with Crippen molar-refractivity contribution < 1.29 is 9.90 Å². The summed E-state index contributed by atoms with van der Waals surface area (Å²) >= 11 is 0. The fourth-order valence-electron chi connectivity index (χ4n) is 2.72. The van der Waals surface area contributed by atoms with E-state index in [0.717, 1.165) is 18.7 Å². The van der Waals surface area contributed by atoms with Crippen LogP contribution in [-0.4, -0.2) is 17.6 Å². The zero-order valence-corrected chi connectivity index (χ0v) is 11.4. The molecule has 0 bridgehead atoms. The molecule has 0 spiro atoms. The van der Waals surface area contributed by atoms with Gasteiger partial charge in [-0.3, -0.25) is 4.79 Å². The Bertz CT molecular complexity index is 634. The van der Waals surface area contributed by atoms with Crippen LogP contribution in [-0.2, 0) is 0 Å². The third-order valence-corrected chi connectivity index (χ3v) is 3.90. The lowest BCUT2D eigenvalue weighted by Crippen LogP contribution is -2.36. The molecule has 0 radical (unpaired) electrons. The molecular formula is C17H17NO2. The average molecular weight is 267 g/mol. The molecule has 0 saturated heterocycles. The minimum Gasteiger partial charge on any atom is -0.508 e. The molecule has 102 valence electrons. The molecular weight excluding hydrogens is 250 g/mol. The number of hydrogen-bond donors (Lipinski definition) is 1. The number of hydrogen-bond acceptors (Lipinski definition) is 2. The van der Waals surface area contributed by atoms with E-state index in [1.165, 1.54) is 5.56 Å². The van der Waals surface area contributed by atoms with Crippen LogP contribution in [0.25, 0.3) is 0 Å². The standard InChI is InChI=1S/C17H17NO2/c1-12-10-11-18(16-5-3-2-4-15(12)16)17(20)13-6-8-14(19)9-7-13/h2-9,12,19H,10-11H2,1H3/t12-/m0/s1. The van der Waals surface area contributed by atoms with Crippen molar-refractivity contribution in [3.63, 3.8) is 0 Å². The minimum atomic E-state index is -0.00986. The van der Waals surface area contributed by atoms with Gasteiger partial charge in [0.2, 0.25) is 0 Å². The van der Waals surface area contributed by atoms with Gasteiger partial charge in [0.25, 0.3) is 5.91 Å². The Labute approximate surface area is 118 Å². The van der Waals surface area contributed by atoms with Crippen molar-refractivity contribution in [3.8, 4) is 5.75 Å². The van der Waals surface area contributed by atoms with Crippen molar-refractivity contribution in [1.82, 2.24) is 0 Å². The Hall–Kier alpha value is -2.29. The zero-order chi connectivity index (χ0) is 14.1. The largest absolute Gasteiger partial charge is 0.508 e. The van der Waals surface area contributed by atoms with Gasteiger partial charge in [-0.05, 0) is 48.2 Å². The topological polar surface area (TPSA) is 40.5 Å². The molecule has 2 aromatic rings. The number of anilines is 1. The summed E-state index contributed by atoms with van der Waals surface area (Å²) in [5.74, 6) is 0.647. The lowest BCUT2D eigenvalue weighted by molar-refractivity contribution is 0.0984. The normalized spacial score (nSPS) is 17.6. The van der Waals surface area contributed by atoms with Gasteiger partial charge in [0.1, 0.15) is 5.75 Å². The Morgan fingerprint density at radius 1 is 1.15 bits per heavy atom. The van der Waals surface area contributed by atoms with Gasteiger partial charge in [-0.2, -0.15) is 0 Å². The predicted molar refractivity (Wildman–Crippen MR) is 79.3 cm³/mol. The summed E-state index contributed by atoms with van der Waals surface area (Å²) in [5, 5.41) is 9.32. The molecule has 0 aromatic heterocycles. The van der Waals surface area contributed by atoms with Crippen LogP contribution in [0.4, 0.5) is 5.69 Å². The van der Waals surface area contributed by atoms with Crippen molar-refractivity contribution >= 4 is 11.6 Å². The van der Waals surface area contributed by atoms with Gasteiger partial charge in [0, 0.05) is 17.8 Å². The highest BCUT2D eigenvalue weighted by molar-refractivity contribution is 6.06. The fourth-order valence-corrected chi connectivity index (χ4v) is 2.72. The first-order valence-corrected chi connectivity index (χ1v) is 6.86. The summed E-state index contributed by atoms with van der Waals surface area (Å²) in [4.78, 5) is 14.5. The number of aromatic hydroxyl groups is 1. The van der Waals surface area contributed by atoms with Crippen molar-refractivity contribution in [2.24, 2.45) is 0 Å². The maximum absolute atomic E-state index is 12.6. The van der Waals surface area contributed by atoms with E-state index in [2.05, 4.69) is 13.0 Å². The van der Waals surface area contributed by atoms with Crippen LogP contribution in [0.2, 0.25) is 0 Å². The van der Waals surface area contributed by atoms with E-state index in [0.29, 0.717) is 11.5 Å². The van der Waals surface area contributed by atoms with Gasteiger partial charge in [0.15, 0.2) is 0 Å². The molecule has 1 aliphatic heterocycles. The number of nitrogens with zero attached hydrogens (tertiary/aromatic N) is 1. The summed E-state index contributed by atoms with van der Waals surface area (Å²) in [6.45, 7) is 2.93. The maximum atomic E-state index is 12.6. The van der Waals surface area contributed by atoms with Gasteiger partial charge >= 0.3 is 0 Å². The third-order valence-electron chi connectivity index (χ3n) is 3.90. The Morgan fingerprint density at radius 2 is 1.85 bits per heavy atom. The number of rotatable bonds is 1. The van der Waals surface area contributed by atoms with Crippen molar-refractivity contribution in [1.29, 1.82) is 0 Å². The first-order chi connectivity index (χ1) is 9.66. The van der Waals surface area contributed by atoms with Crippen LogP contribution in [0, 0.1) is 0 Å². The van der Waals surface area contributed by atoms with Crippen LogP contribution >= 0.6 is 0 Å². The molecule has 0 aliphatic carbocycles. The molecule has 1 amide bonds. The third kappa shape index (κ3) is 2.16. The highest BCUT2D eigenvalue weighted by Crippen LogP contribution is 2.35. The zero-order valence-electron chi connectivity index (χ0n) is 11.4. The van der Waals surface area contributed by atoms with Gasteiger partial charge < -0.3 is 10.0 Å². The van der Waals surface area contributed by atoms with E-state index in [9.17, 15) is 9.90 Å². The highest BCUT2D eigenvalue weighted by Gasteiger charge is 2.26. The van der Waals surface area contributed by atoms with E-state index in [1.54, 1.807) is 24.3 Å². The number of para-hydroxylation sites is 1. The van der Waals surface area contributed by atoms with Crippen LogP contribution in [0.15, 0.2) is 48.5 Å². The van der Waals surface area contributed by atoms with E-state index < -0.39 is 0 Å². The van der Waals surface area contributed by atoms with E-state index in [-0.39, 0.29) is 11.7 Å². The van der Waals surface area contributed by atoms with Crippen LogP contribution < -0.4 is 4.90 Å². The minimum absolute atomic E-state index is 0.00986. The molecule has 1 heterocycles. The number of fused-ring (bicyclic) bond motifs is 1. The number of phenols is 1. The van der Waals surface area contributed by atoms with Gasteiger partial charge in [-0.25, -0.2) is 0 Å². The molecule has 0 unspecified atom stereocenters. The number of carbonyl (C=O) groups excluding carboxylic acids is 1. The quantitative estimate of drug-likeness (QED) is 0.858. The van der Waals surface area contributed by atoms with E-state index >= 15 is 0 Å². The maximum Gasteiger partial charge on any atom is 0.258 e. The molecule has 1 N–H and O–H groups in total. The second kappa shape index (κ2) is 5.00. The summed E-state index contributed by atoms with van der Waals surface area (Å²) in [6.07, 6.45) is 0.973. The summed E-state index contributed by atoms with van der Waals surface area (Å²) in [5.41, 5.74) is 2.84. The summed E-state index contributed by atoms with van der Waals surface area (Å²) in [6, 6.07) is 14.5. The first-order valence-electron chi connectivity index (χ1n) is 6.86. The molecule has 2 aromatic carbocycles. The molecule has 0 fully saturated rings. The van der Waals surface area contributed by atoms with E-state index in [1.807, 2.05) is 23.1 Å². The Morgan fingerprint density at radius 3 is 2.60 bits per heavy atom. The fraction of sp³-hybridized carbons (Fsp3) is 0.235. The second-order valence-corrected chi connectivity index (χ2v) is 5.25. The Balaban J connectivity index is 1.97. The number of carbonyl (C=O) groups is 1. The molecule has 3 nitrogen and oxygen atoms in total. The lowest BCUT2D eigenvalue weighted by Gasteiger charge is -2.33. The van der Waals surface area contributed by atoms with Crippen molar-refractivity contribution in [2.75, 3.05) is 11.4 Å². The number of phenolic OH excluding ortho intramolecular Hbond substituents is 1. The smallest absolute Gasteiger partial charge is 0.258 e. The monoisotopic (exact) mass is 267 g/mol. The first kappa shape index (κ1) is 12.7. The molecule has 3 rings (SSSR count). The summed E-state index contributed by atoms with van der Waals surface area (Å²) < 4.78 is 0. The lowest BCUT2D eigenvalue weighted by atomic mass is 9.91. The van der Waals surface area contributed by atoms with Crippen molar-refractivity contribution in [2.45, 2.75) is 19.3 Å². The molecule has 0 saturated carbocycles. The van der Waals surface area contributed by atoms with E-state index in [4.69, 9.17) is 0 Å². The van der Waals surface area contributed by atoms with Crippen LogP contribution in [0.3, 0.4) is 0 Å². The number of amides is 1. The molecule has 1 atom stereocenters. The Kier molecular flexibility index (Phi) is 3.18. The van der Waals surface area contributed by atoms with Gasteiger partial charge in [-0.1, -0.05) is 25.1 Å². The molecule has 1 aliphatic rings. The number of benzene rings is 2. The van der Waals surface area contributed by atoms with Gasteiger partial charge in [-0.15, -0.1) is 0 Å². The van der Waals surface area contributed by atoms with Crippen molar-refractivity contribution in [3.05, 3.63) is 59.7 Å². The SMILES string of the molecule is C[C@H]1CCN(C(=O)c2ccc(O)cc2)c2ccccc21. The predicted octanol–water partition coefficient (Wildman–Crippen LogP) is 3.55. The highest BCUT2D eigenvalue weighted by atomic mass is 16.3. The van der Waals surface area contributed by atoms with Gasteiger partial charge in [0.05, 0.1) is 0 Å².